The van der Waals surface area contributed by atoms with E-state index in [4.69, 9.17) is 20.4 Å². The van der Waals surface area contributed by atoms with Crippen molar-refractivity contribution in [2.45, 2.75) is 24.4 Å². The number of aliphatic carboxylic acids is 2. The Balaban J connectivity index is 4.60. The van der Waals surface area contributed by atoms with Crippen molar-refractivity contribution < 1.29 is 35.1 Å². The van der Waals surface area contributed by atoms with Gasteiger partial charge in [0.1, 0.15) is 18.2 Å². The van der Waals surface area contributed by atoms with Crippen molar-refractivity contribution in [3.05, 3.63) is 0 Å². The van der Waals surface area contributed by atoms with E-state index < -0.39 is 36.3 Å². The maximum Gasteiger partial charge on any atom is 0.335 e. The van der Waals surface area contributed by atoms with Crippen LogP contribution in [0.2, 0.25) is 0 Å². The fourth-order valence-corrected chi connectivity index (χ4v) is 0.970. The Morgan fingerprint density at radius 2 is 1.47 bits per heavy atom. The number of carboxylic acid groups (broad SMARTS) is 2. The van der Waals surface area contributed by atoms with Gasteiger partial charge in [-0.2, -0.15) is 0 Å². The predicted molar refractivity (Wildman–Crippen MR) is 46.1 cm³/mol. The van der Waals surface area contributed by atoms with E-state index in [-0.39, 0.29) is 0 Å². The predicted octanol–water partition coefficient (Wildman–Crippen LogP) is -3.17. The molecule has 0 aromatic rings. The summed E-state index contributed by atoms with van der Waals surface area (Å²) in [5.41, 5.74) is 0. The number of nitrogens with one attached hydrogen (secondary N) is 1. The first-order valence-electron chi connectivity index (χ1n) is 4.00. The number of carbonyl (C=O) groups is 2. The van der Waals surface area contributed by atoms with Crippen LogP contribution < -0.4 is 5.32 Å². The van der Waals surface area contributed by atoms with Crippen LogP contribution in [0.4, 0.5) is 0 Å². The van der Waals surface area contributed by atoms with E-state index in [1.54, 1.807) is 0 Å². The smallest absolute Gasteiger partial charge is 0.335 e. The van der Waals surface area contributed by atoms with Crippen LogP contribution >= 0.6 is 0 Å². The monoisotopic (exact) mass is 223 g/mol. The third kappa shape index (κ3) is 3.44. The second-order valence-electron chi connectivity index (χ2n) is 2.87. The van der Waals surface area contributed by atoms with Crippen LogP contribution in [0.15, 0.2) is 0 Å². The molecule has 0 saturated carbocycles. The van der Waals surface area contributed by atoms with E-state index >= 15 is 0 Å². The summed E-state index contributed by atoms with van der Waals surface area (Å²) in [5.74, 6) is -3.22. The summed E-state index contributed by atoms with van der Waals surface area (Å²) in [6, 6.07) is -1.56. The van der Waals surface area contributed by atoms with Gasteiger partial charge in [-0.05, 0) is 7.05 Å². The summed E-state index contributed by atoms with van der Waals surface area (Å²) in [7, 11) is 1.21. The summed E-state index contributed by atoms with van der Waals surface area (Å²) in [4.78, 5) is 20.7. The van der Waals surface area contributed by atoms with Crippen molar-refractivity contribution in [3.8, 4) is 0 Å². The molecule has 6 N–H and O–H groups in total. The molecule has 0 aromatic heterocycles. The van der Waals surface area contributed by atoms with Crippen LogP contribution in [0.5, 0.6) is 0 Å². The molecule has 0 aliphatic heterocycles. The Morgan fingerprint density at radius 3 is 1.73 bits per heavy atom. The summed E-state index contributed by atoms with van der Waals surface area (Å²) in [6.07, 6.45) is -6.26. The second kappa shape index (κ2) is 5.61. The molecule has 0 rings (SSSR count). The summed E-state index contributed by atoms with van der Waals surface area (Å²) < 4.78 is 0. The van der Waals surface area contributed by atoms with Gasteiger partial charge in [-0.1, -0.05) is 0 Å². The number of aliphatic hydroxyl groups excluding tert-OH is 3. The van der Waals surface area contributed by atoms with Crippen molar-refractivity contribution in [1.82, 2.24) is 5.32 Å². The lowest BCUT2D eigenvalue weighted by Gasteiger charge is -2.24. The number of aliphatic hydroxyl groups is 3. The first-order chi connectivity index (χ1) is 6.82. The van der Waals surface area contributed by atoms with E-state index in [0.29, 0.717) is 0 Å². The molecule has 15 heavy (non-hydrogen) atoms. The maximum absolute atomic E-state index is 10.5. The average molecular weight is 223 g/mol. The molecular weight excluding hydrogens is 210 g/mol. The Hall–Kier alpha value is -1.22. The van der Waals surface area contributed by atoms with Crippen LogP contribution in [0, 0.1) is 0 Å². The molecule has 0 fully saturated rings. The zero-order valence-corrected chi connectivity index (χ0v) is 7.86. The molecule has 4 unspecified atom stereocenters. The second-order valence-corrected chi connectivity index (χ2v) is 2.87. The molecule has 0 heterocycles. The molecule has 0 amide bonds. The molecule has 4 atom stereocenters. The fourth-order valence-electron chi connectivity index (χ4n) is 0.970. The molecule has 8 nitrogen and oxygen atoms in total. The average Bonchev–Trinajstić information content (AvgIpc) is 2.15. The molecular formula is C7H13NO7. The Labute approximate surface area is 84.8 Å². The van der Waals surface area contributed by atoms with E-state index in [1.165, 1.54) is 7.05 Å². The molecule has 0 spiro atoms. The van der Waals surface area contributed by atoms with Gasteiger partial charge >= 0.3 is 11.9 Å². The standard InChI is InChI=1S/C7H13NO7/c1-8-2(6(12)13)3(9)4(10)5(11)7(14)15/h2-5,8-11H,1H3,(H,12,13)(H,14,15). The van der Waals surface area contributed by atoms with Crippen molar-refractivity contribution in [3.63, 3.8) is 0 Å². The van der Waals surface area contributed by atoms with Crippen LogP contribution in [-0.2, 0) is 9.59 Å². The number of hydrogen-bond donors (Lipinski definition) is 6. The van der Waals surface area contributed by atoms with Gasteiger partial charge in [0.2, 0.25) is 0 Å². The van der Waals surface area contributed by atoms with Gasteiger partial charge in [0, 0.05) is 0 Å². The maximum atomic E-state index is 10.5. The number of carboxylic acids is 2. The highest BCUT2D eigenvalue weighted by molar-refractivity contribution is 5.76. The molecule has 0 saturated heterocycles. The van der Waals surface area contributed by atoms with Gasteiger partial charge < -0.3 is 30.8 Å². The van der Waals surface area contributed by atoms with Gasteiger partial charge in [0.05, 0.1) is 0 Å². The van der Waals surface area contributed by atoms with E-state index in [1.807, 2.05) is 0 Å². The minimum atomic E-state index is -2.24. The highest BCUT2D eigenvalue weighted by Gasteiger charge is 2.37. The first kappa shape index (κ1) is 13.8. The van der Waals surface area contributed by atoms with E-state index in [0.717, 1.165) is 0 Å². The third-order valence-corrected chi connectivity index (χ3v) is 1.84. The molecule has 0 aromatic carbocycles. The van der Waals surface area contributed by atoms with Gasteiger partial charge in [-0.25, -0.2) is 4.79 Å². The van der Waals surface area contributed by atoms with E-state index in [9.17, 15) is 14.7 Å². The quantitative estimate of drug-likeness (QED) is 0.276. The zero-order valence-electron chi connectivity index (χ0n) is 7.86. The van der Waals surface area contributed by atoms with Crippen molar-refractivity contribution >= 4 is 11.9 Å². The minimum absolute atomic E-state index is 1.21. The topological polar surface area (TPSA) is 147 Å². The summed E-state index contributed by atoms with van der Waals surface area (Å²) >= 11 is 0. The van der Waals surface area contributed by atoms with Gasteiger partial charge in [0.15, 0.2) is 6.10 Å². The zero-order chi connectivity index (χ0) is 12.2. The van der Waals surface area contributed by atoms with E-state index in [2.05, 4.69) is 5.32 Å². The van der Waals surface area contributed by atoms with Gasteiger partial charge in [-0.15, -0.1) is 0 Å². The molecule has 0 radical (unpaired) electrons. The minimum Gasteiger partial charge on any atom is -0.480 e. The molecule has 0 bridgehead atoms. The molecule has 0 aliphatic rings. The third-order valence-electron chi connectivity index (χ3n) is 1.84. The van der Waals surface area contributed by atoms with Crippen molar-refractivity contribution in [1.29, 1.82) is 0 Å². The SMILES string of the molecule is CNC(C(=O)O)C(O)C(O)C(O)C(=O)O. The van der Waals surface area contributed by atoms with Crippen molar-refractivity contribution in [2.24, 2.45) is 0 Å². The largest absolute Gasteiger partial charge is 0.480 e. The van der Waals surface area contributed by atoms with Crippen LogP contribution in [0.1, 0.15) is 0 Å². The Morgan fingerprint density at radius 1 is 1.00 bits per heavy atom. The normalized spacial score (nSPS) is 18.9. The Bertz CT molecular complexity index is 243. The first-order valence-corrected chi connectivity index (χ1v) is 4.00. The fraction of sp³-hybridized carbons (Fsp3) is 0.714. The van der Waals surface area contributed by atoms with Crippen LogP contribution in [-0.4, -0.2) is 68.9 Å². The summed E-state index contributed by atoms with van der Waals surface area (Å²) in [6.45, 7) is 0. The molecule has 8 heteroatoms. The lowest BCUT2D eigenvalue weighted by atomic mass is 10.0. The lowest BCUT2D eigenvalue weighted by Crippen LogP contribution is -2.54. The summed E-state index contributed by atoms with van der Waals surface area (Å²) in [5, 5.41) is 46.3. The van der Waals surface area contributed by atoms with Crippen molar-refractivity contribution in [2.75, 3.05) is 7.05 Å². The lowest BCUT2D eigenvalue weighted by molar-refractivity contribution is -0.163. The number of likely N-dealkylation sites (N-methyl/N-ethyl adjacent to an activating group) is 1. The molecule has 0 aliphatic carbocycles. The highest BCUT2D eigenvalue weighted by atomic mass is 16.4. The van der Waals surface area contributed by atoms with Crippen LogP contribution in [0.3, 0.4) is 0 Å². The Kier molecular flexibility index (Phi) is 5.15. The van der Waals surface area contributed by atoms with Crippen LogP contribution in [0.25, 0.3) is 0 Å². The van der Waals surface area contributed by atoms with Gasteiger partial charge in [-0.3, -0.25) is 4.79 Å². The van der Waals surface area contributed by atoms with Gasteiger partial charge in [0.25, 0.3) is 0 Å². The number of rotatable bonds is 6. The number of hydrogen-bond acceptors (Lipinski definition) is 6. The molecule has 88 valence electrons. The highest BCUT2D eigenvalue weighted by Crippen LogP contribution is 2.05.